The molecule has 0 atom stereocenters. The maximum Gasteiger partial charge on any atom is 0.265 e. The van der Waals surface area contributed by atoms with Crippen LogP contribution in [0.5, 0.6) is 5.75 Å². The van der Waals surface area contributed by atoms with Gasteiger partial charge in [0.2, 0.25) is 10.0 Å². The molecule has 0 radical (unpaired) electrons. The minimum Gasteiger partial charge on any atom is -0.482 e. The predicted octanol–water partition coefficient (Wildman–Crippen LogP) is 3.76. The predicted molar refractivity (Wildman–Crippen MR) is 138 cm³/mol. The number of nitrogens with one attached hydrogen (secondary N) is 1. The van der Waals surface area contributed by atoms with E-state index in [0.717, 1.165) is 18.4 Å². The second kappa shape index (κ2) is 9.84. The zero-order valence-electron chi connectivity index (χ0n) is 19.3. The molecule has 0 unspecified atom stereocenters. The van der Waals surface area contributed by atoms with Crippen LogP contribution < -0.4 is 15.0 Å². The second-order valence-electron chi connectivity index (χ2n) is 8.39. The van der Waals surface area contributed by atoms with Crippen molar-refractivity contribution in [2.45, 2.75) is 17.7 Å². The van der Waals surface area contributed by atoms with Gasteiger partial charge in [-0.25, -0.2) is 13.4 Å². The number of rotatable bonds is 7. The van der Waals surface area contributed by atoms with Gasteiger partial charge in [0.15, 0.2) is 11.7 Å². The van der Waals surface area contributed by atoms with Crippen molar-refractivity contribution in [3.8, 4) is 17.0 Å². The summed E-state index contributed by atoms with van der Waals surface area (Å²) in [5.41, 5.74) is 2.39. The minimum atomic E-state index is -3.53. The van der Waals surface area contributed by atoms with Crippen molar-refractivity contribution in [3.05, 3.63) is 66.1 Å². The van der Waals surface area contributed by atoms with Crippen molar-refractivity contribution in [1.29, 1.82) is 0 Å². The van der Waals surface area contributed by atoms with Gasteiger partial charge in [-0.1, -0.05) is 6.08 Å². The molecule has 1 saturated heterocycles. The van der Waals surface area contributed by atoms with Crippen molar-refractivity contribution >= 4 is 44.0 Å². The van der Waals surface area contributed by atoms with E-state index in [1.165, 1.54) is 39.9 Å². The number of amides is 2. The Hall–Kier alpha value is -3.54. The zero-order valence-corrected chi connectivity index (χ0v) is 21.0. The highest BCUT2D eigenvalue weighted by Crippen LogP contribution is 2.36. The fraction of sp³-hybridized carbons (Fsp3) is 0.240. The number of sulfonamides is 1. The van der Waals surface area contributed by atoms with Crippen LogP contribution in [0, 0.1) is 0 Å². The van der Waals surface area contributed by atoms with E-state index in [4.69, 9.17) is 4.74 Å². The van der Waals surface area contributed by atoms with E-state index in [1.54, 1.807) is 17.0 Å². The molecule has 0 bridgehead atoms. The quantitative estimate of drug-likeness (QED) is 0.472. The summed E-state index contributed by atoms with van der Waals surface area (Å²) in [6.07, 6.45) is 3.38. The third-order valence-corrected chi connectivity index (χ3v) is 8.72. The summed E-state index contributed by atoms with van der Waals surface area (Å²) in [5, 5.41) is 4.98. The Bertz CT molecular complexity index is 1430. The summed E-state index contributed by atoms with van der Waals surface area (Å²) in [5.74, 6) is 0.0757. The standard InChI is InChI=1S/C25H24N4O5S2/c1-2-11-29-21-14-18(7-10-22(21)34-15-23(29)30)20-16-35-25(26-20)27-24(31)17-5-8-19(9-6-17)36(32,33)28-12-3-4-13-28/h2,5-10,14,16H,1,3-4,11-13,15H2,(H,26,27,31). The summed E-state index contributed by atoms with van der Waals surface area (Å²) in [4.78, 5) is 31.3. The van der Waals surface area contributed by atoms with E-state index in [1.807, 2.05) is 17.5 Å². The molecular formula is C25H24N4O5S2. The van der Waals surface area contributed by atoms with Crippen molar-refractivity contribution in [1.82, 2.24) is 9.29 Å². The van der Waals surface area contributed by atoms with Gasteiger partial charge in [0.1, 0.15) is 5.75 Å². The summed E-state index contributed by atoms with van der Waals surface area (Å²) in [6.45, 7) is 5.12. The topological polar surface area (TPSA) is 109 Å². The van der Waals surface area contributed by atoms with Crippen LogP contribution in [0.25, 0.3) is 11.3 Å². The van der Waals surface area contributed by atoms with Crippen molar-refractivity contribution in [2.24, 2.45) is 0 Å². The average Bonchev–Trinajstić information content (AvgIpc) is 3.59. The van der Waals surface area contributed by atoms with E-state index >= 15 is 0 Å². The highest BCUT2D eigenvalue weighted by Gasteiger charge is 2.27. The van der Waals surface area contributed by atoms with Crippen molar-refractivity contribution in [2.75, 3.05) is 36.5 Å². The lowest BCUT2D eigenvalue weighted by Gasteiger charge is -2.28. The molecule has 0 saturated carbocycles. The first-order valence-electron chi connectivity index (χ1n) is 11.4. The number of carbonyl (C=O) groups is 2. The number of fused-ring (bicyclic) bond motifs is 1. The molecule has 36 heavy (non-hydrogen) atoms. The van der Waals surface area contributed by atoms with Gasteiger partial charge in [-0.3, -0.25) is 14.9 Å². The lowest BCUT2D eigenvalue weighted by Crippen LogP contribution is -2.38. The maximum atomic E-state index is 12.7. The number of ether oxygens (including phenoxy) is 1. The Balaban J connectivity index is 1.30. The number of thiazole rings is 1. The second-order valence-corrected chi connectivity index (χ2v) is 11.2. The first-order chi connectivity index (χ1) is 17.4. The third-order valence-electron chi connectivity index (χ3n) is 6.05. The molecule has 5 rings (SSSR count). The molecule has 2 amide bonds. The molecule has 2 aromatic carbocycles. The van der Waals surface area contributed by atoms with Crippen LogP contribution in [-0.2, 0) is 14.8 Å². The molecule has 11 heteroatoms. The van der Waals surface area contributed by atoms with E-state index < -0.39 is 10.0 Å². The van der Waals surface area contributed by atoms with Crippen LogP contribution in [-0.4, -0.2) is 55.8 Å². The number of anilines is 2. The fourth-order valence-corrected chi connectivity index (χ4v) is 6.41. The number of hydrogen-bond donors (Lipinski definition) is 1. The van der Waals surface area contributed by atoms with Gasteiger partial charge in [-0.15, -0.1) is 17.9 Å². The Kier molecular flexibility index (Phi) is 6.61. The zero-order chi connectivity index (χ0) is 25.3. The molecule has 1 fully saturated rings. The normalized spacial score (nSPS) is 15.9. The number of hydrogen-bond acceptors (Lipinski definition) is 7. The summed E-state index contributed by atoms with van der Waals surface area (Å²) < 4.78 is 32.4. The Morgan fingerprint density at radius 2 is 1.92 bits per heavy atom. The van der Waals surface area contributed by atoms with Crippen molar-refractivity contribution < 1.29 is 22.7 Å². The highest BCUT2D eigenvalue weighted by atomic mass is 32.2. The van der Waals surface area contributed by atoms with Crippen LogP contribution in [0.15, 0.2) is 65.4 Å². The van der Waals surface area contributed by atoms with Gasteiger partial charge in [0.05, 0.1) is 16.3 Å². The third kappa shape index (κ3) is 4.64. The Morgan fingerprint density at radius 1 is 1.17 bits per heavy atom. The van der Waals surface area contributed by atoms with Crippen molar-refractivity contribution in [3.63, 3.8) is 0 Å². The molecule has 1 N–H and O–H groups in total. The van der Waals surface area contributed by atoms with Gasteiger partial charge in [-0.05, 0) is 55.3 Å². The van der Waals surface area contributed by atoms with Crippen LogP contribution >= 0.6 is 11.3 Å². The lowest BCUT2D eigenvalue weighted by molar-refractivity contribution is -0.121. The first-order valence-corrected chi connectivity index (χ1v) is 13.7. The fourth-order valence-electron chi connectivity index (χ4n) is 4.18. The molecule has 3 aromatic rings. The molecule has 0 aliphatic carbocycles. The molecule has 9 nitrogen and oxygen atoms in total. The summed E-state index contributed by atoms with van der Waals surface area (Å²) in [7, 11) is -3.53. The molecule has 2 aliphatic rings. The Labute approximate surface area is 213 Å². The van der Waals surface area contributed by atoms with Gasteiger partial charge in [0, 0.05) is 36.1 Å². The molecule has 186 valence electrons. The van der Waals surface area contributed by atoms with Gasteiger partial charge < -0.3 is 9.64 Å². The lowest BCUT2D eigenvalue weighted by atomic mass is 10.1. The van der Waals surface area contributed by atoms with E-state index in [9.17, 15) is 18.0 Å². The monoisotopic (exact) mass is 524 g/mol. The van der Waals surface area contributed by atoms with Crippen LogP contribution in [0.4, 0.5) is 10.8 Å². The molecular weight excluding hydrogens is 500 g/mol. The van der Waals surface area contributed by atoms with Gasteiger partial charge in [-0.2, -0.15) is 4.31 Å². The molecule has 2 aliphatic heterocycles. The Morgan fingerprint density at radius 3 is 2.64 bits per heavy atom. The molecule has 0 spiro atoms. The number of carbonyl (C=O) groups excluding carboxylic acids is 2. The number of benzene rings is 2. The van der Waals surface area contributed by atoms with Crippen LogP contribution in [0.1, 0.15) is 23.2 Å². The molecule has 1 aromatic heterocycles. The number of aromatic nitrogens is 1. The average molecular weight is 525 g/mol. The van der Waals surface area contributed by atoms with E-state index in [2.05, 4.69) is 16.9 Å². The highest BCUT2D eigenvalue weighted by molar-refractivity contribution is 7.89. The largest absolute Gasteiger partial charge is 0.482 e. The molecule has 3 heterocycles. The van der Waals surface area contributed by atoms with Gasteiger partial charge in [0.25, 0.3) is 11.8 Å². The summed E-state index contributed by atoms with van der Waals surface area (Å²) in [6, 6.07) is 11.4. The SMILES string of the molecule is C=CCN1C(=O)COc2ccc(-c3csc(NC(=O)c4ccc(S(=O)(=O)N5CCCC5)cc4)n3)cc21. The van der Waals surface area contributed by atoms with Crippen LogP contribution in [0.3, 0.4) is 0 Å². The van der Waals surface area contributed by atoms with Crippen LogP contribution in [0.2, 0.25) is 0 Å². The maximum absolute atomic E-state index is 12.7. The smallest absolute Gasteiger partial charge is 0.265 e. The first kappa shape index (κ1) is 24.2. The van der Waals surface area contributed by atoms with Gasteiger partial charge >= 0.3 is 0 Å². The minimum absolute atomic E-state index is 0.0156. The number of nitrogens with zero attached hydrogens (tertiary/aromatic N) is 3. The summed E-state index contributed by atoms with van der Waals surface area (Å²) >= 11 is 1.27. The van der Waals surface area contributed by atoms with E-state index in [0.29, 0.717) is 47.5 Å². The van der Waals surface area contributed by atoms with E-state index in [-0.39, 0.29) is 23.3 Å².